The second-order valence-corrected chi connectivity index (χ2v) is 6.44. The smallest absolute Gasteiger partial charge is 0.317 e. The summed E-state index contributed by atoms with van der Waals surface area (Å²) in [5, 5.41) is 5.88. The Morgan fingerprint density at radius 1 is 1.09 bits per heavy atom. The minimum Gasteiger partial charge on any atom is -0.383 e. The Labute approximate surface area is 138 Å². The predicted molar refractivity (Wildman–Crippen MR) is 88.3 cm³/mol. The summed E-state index contributed by atoms with van der Waals surface area (Å²) in [6, 6.07) is 0.0427. The molecule has 132 valence electrons. The highest BCUT2D eigenvalue weighted by atomic mass is 16.5. The van der Waals surface area contributed by atoms with Gasteiger partial charge in [0.2, 0.25) is 5.91 Å². The number of urea groups is 1. The molecule has 0 radical (unpaired) electrons. The van der Waals surface area contributed by atoms with Crippen molar-refractivity contribution in [3.63, 3.8) is 0 Å². The number of nitrogens with one attached hydrogen (secondary N) is 2. The van der Waals surface area contributed by atoms with Gasteiger partial charge in [0.05, 0.1) is 13.2 Å². The van der Waals surface area contributed by atoms with Gasteiger partial charge in [-0.3, -0.25) is 9.69 Å². The van der Waals surface area contributed by atoms with Gasteiger partial charge < -0.3 is 20.3 Å². The van der Waals surface area contributed by atoms with E-state index in [1.165, 1.54) is 25.7 Å². The van der Waals surface area contributed by atoms with Crippen LogP contribution in [0.3, 0.4) is 0 Å². The van der Waals surface area contributed by atoms with Crippen molar-refractivity contribution in [2.24, 2.45) is 5.92 Å². The maximum absolute atomic E-state index is 12.2. The van der Waals surface area contributed by atoms with Crippen LogP contribution in [0.5, 0.6) is 0 Å². The van der Waals surface area contributed by atoms with E-state index < -0.39 is 0 Å². The molecule has 23 heavy (non-hydrogen) atoms. The highest BCUT2D eigenvalue weighted by Crippen LogP contribution is 2.23. The molecule has 0 aromatic rings. The monoisotopic (exact) mass is 326 g/mol. The Balaban J connectivity index is 1.59. The summed E-state index contributed by atoms with van der Waals surface area (Å²) in [4.78, 5) is 27.9. The molecule has 1 heterocycles. The first-order valence-corrected chi connectivity index (χ1v) is 8.70. The quantitative estimate of drug-likeness (QED) is 0.659. The Morgan fingerprint density at radius 3 is 2.43 bits per heavy atom. The molecular weight excluding hydrogens is 296 g/mol. The van der Waals surface area contributed by atoms with Gasteiger partial charge in [-0.05, 0) is 18.8 Å². The van der Waals surface area contributed by atoms with E-state index in [0.29, 0.717) is 38.7 Å². The van der Waals surface area contributed by atoms with Crippen molar-refractivity contribution in [3.05, 3.63) is 0 Å². The second kappa shape index (κ2) is 9.72. The topological polar surface area (TPSA) is 73.9 Å². The second-order valence-electron chi connectivity index (χ2n) is 6.44. The molecule has 0 spiro atoms. The summed E-state index contributed by atoms with van der Waals surface area (Å²) >= 11 is 0. The standard InChI is InChI=1S/C16H30N4O3/c1-23-11-6-17-15(21)13-19-7-9-20(10-8-19)16(22)18-12-14-4-2-3-5-14/h14H,2-13H2,1H3,(H,17,21)(H,18,22). The average molecular weight is 326 g/mol. The number of amides is 3. The molecule has 2 rings (SSSR count). The minimum absolute atomic E-state index is 0.0150. The first-order chi connectivity index (χ1) is 11.2. The van der Waals surface area contributed by atoms with E-state index in [1.807, 2.05) is 4.90 Å². The van der Waals surface area contributed by atoms with E-state index in [1.54, 1.807) is 7.11 Å². The van der Waals surface area contributed by atoms with Crippen LogP contribution in [-0.4, -0.2) is 81.3 Å². The lowest BCUT2D eigenvalue weighted by Crippen LogP contribution is -2.53. The number of hydrogen-bond donors (Lipinski definition) is 2. The normalized spacial score (nSPS) is 19.8. The maximum Gasteiger partial charge on any atom is 0.317 e. The number of methoxy groups -OCH3 is 1. The molecule has 1 saturated heterocycles. The zero-order valence-electron chi connectivity index (χ0n) is 14.2. The fourth-order valence-corrected chi connectivity index (χ4v) is 3.22. The van der Waals surface area contributed by atoms with Gasteiger partial charge in [0, 0.05) is 46.4 Å². The average Bonchev–Trinajstić information content (AvgIpc) is 3.07. The fourth-order valence-electron chi connectivity index (χ4n) is 3.22. The minimum atomic E-state index is 0.0150. The highest BCUT2D eigenvalue weighted by Gasteiger charge is 2.23. The zero-order chi connectivity index (χ0) is 16.5. The lowest BCUT2D eigenvalue weighted by molar-refractivity contribution is -0.122. The molecule has 7 nitrogen and oxygen atoms in total. The molecule has 0 unspecified atom stereocenters. The zero-order valence-corrected chi connectivity index (χ0v) is 14.2. The molecular formula is C16H30N4O3. The molecule has 0 atom stereocenters. The molecule has 0 aromatic carbocycles. The van der Waals surface area contributed by atoms with E-state index in [0.717, 1.165) is 19.6 Å². The van der Waals surface area contributed by atoms with Crippen LogP contribution in [0.25, 0.3) is 0 Å². The van der Waals surface area contributed by atoms with Crippen molar-refractivity contribution in [2.45, 2.75) is 25.7 Å². The first-order valence-electron chi connectivity index (χ1n) is 8.70. The van der Waals surface area contributed by atoms with Crippen LogP contribution >= 0.6 is 0 Å². The Kier molecular flexibility index (Phi) is 7.61. The summed E-state index contributed by atoms with van der Waals surface area (Å²) in [6.07, 6.45) is 5.08. The SMILES string of the molecule is COCCNC(=O)CN1CCN(C(=O)NCC2CCCC2)CC1. The van der Waals surface area contributed by atoms with Crippen molar-refractivity contribution in [3.8, 4) is 0 Å². The van der Waals surface area contributed by atoms with Crippen molar-refractivity contribution < 1.29 is 14.3 Å². The lowest BCUT2D eigenvalue weighted by Gasteiger charge is -2.34. The van der Waals surface area contributed by atoms with E-state index in [9.17, 15) is 9.59 Å². The number of rotatable bonds is 7. The first kappa shape index (κ1) is 18.0. The molecule has 1 aliphatic carbocycles. The molecule has 7 heteroatoms. The van der Waals surface area contributed by atoms with Crippen LogP contribution in [0.1, 0.15) is 25.7 Å². The van der Waals surface area contributed by atoms with Gasteiger partial charge in [0.25, 0.3) is 0 Å². The summed E-state index contributed by atoms with van der Waals surface area (Å²) in [5.74, 6) is 0.678. The molecule has 3 amide bonds. The lowest BCUT2D eigenvalue weighted by atomic mass is 10.1. The van der Waals surface area contributed by atoms with E-state index in [-0.39, 0.29) is 11.9 Å². The Morgan fingerprint density at radius 2 is 1.78 bits per heavy atom. The molecule has 2 N–H and O–H groups in total. The van der Waals surface area contributed by atoms with E-state index in [4.69, 9.17) is 4.74 Å². The number of carbonyl (C=O) groups excluding carboxylic acids is 2. The maximum atomic E-state index is 12.2. The van der Waals surface area contributed by atoms with Crippen LogP contribution in [0.4, 0.5) is 4.79 Å². The van der Waals surface area contributed by atoms with Crippen molar-refractivity contribution in [1.82, 2.24) is 20.4 Å². The number of hydrogen-bond acceptors (Lipinski definition) is 4. The summed E-state index contributed by atoms with van der Waals surface area (Å²) in [6.45, 7) is 5.12. The van der Waals surface area contributed by atoms with Gasteiger partial charge in [-0.1, -0.05) is 12.8 Å². The highest BCUT2D eigenvalue weighted by molar-refractivity contribution is 5.78. The third-order valence-corrected chi connectivity index (χ3v) is 4.67. The van der Waals surface area contributed by atoms with Crippen molar-refractivity contribution in [1.29, 1.82) is 0 Å². The van der Waals surface area contributed by atoms with Crippen molar-refractivity contribution in [2.75, 3.05) is 59.5 Å². The van der Waals surface area contributed by atoms with Crippen LogP contribution in [0.15, 0.2) is 0 Å². The van der Waals surface area contributed by atoms with Crippen LogP contribution < -0.4 is 10.6 Å². The molecule has 1 saturated carbocycles. The van der Waals surface area contributed by atoms with Gasteiger partial charge >= 0.3 is 6.03 Å². The van der Waals surface area contributed by atoms with Crippen LogP contribution in [0, 0.1) is 5.92 Å². The number of piperazine rings is 1. The largest absolute Gasteiger partial charge is 0.383 e. The molecule has 2 fully saturated rings. The number of ether oxygens (including phenoxy) is 1. The summed E-state index contributed by atoms with van der Waals surface area (Å²) in [7, 11) is 1.61. The van der Waals surface area contributed by atoms with Gasteiger partial charge in [-0.15, -0.1) is 0 Å². The predicted octanol–water partition coefficient (Wildman–Crippen LogP) is 0.266. The third-order valence-electron chi connectivity index (χ3n) is 4.67. The Hall–Kier alpha value is -1.34. The van der Waals surface area contributed by atoms with Gasteiger partial charge in [-0.2, -0.15) is 0 Å². The van der Waals surface area contributed by atoms with Crippen LogP contribution in [0.2, 0.25) is 0 Å². The number of nitrogens with zero attached hydrogens (tertiary/aromatic N) is 2. The Bertz CT molecular complexity index is 378. The van der Waals surface area contributed by atoms with Crippen molar-refractivity contribution >= 4 is 11.9 Å². The number of carbonyl (C=O) groups is 2. The third kappa shape index (κ3) is 6.35. The van der Waals surface area contributed by atoms with Gasteiger partial charge in [-0.25, -0.2) is 4.79 Å². The van der Waals surface area contributed by atoms with E-state index in [2.05, 4.69) is 15.5 Å². The molecule has 2 aliphatic rings. The molecule has 0 aromatic heterocycles. The van der Waals surface area contributed by atoms with Gasteiger partial charge in [0.1, 0.15) is 0 Å². The van der Waals surface area contributed by atoms with E-state index >= 15 is 0 Å². The fraction of sp³-hybridized carbons (Fsp3) is 0.875. The van der Waals surface area contributed by atoms with Gasteiger partial charge in [0.15, 0.2) is 0 Å². The van der Waals surface area contributed by atoms with Crippen LogP contribution in [-0.2, 0) is 9.53 Å². The molecule has 0 bridgehead atoms. The summed E-state index contributed by atoms with van der Waals surface area (Å²) < 4.78 is 4.90. The summed E-state index contributed by atoms with van der Waals surface area (Å²) in [5.41, 5.74) is 0. The molecule has 1 aliphatic heterocycles.